The van der Waals surface area contributed by atoms with Gasteiger partial charge in [0.05, 0.1) is 32.1 Å². The number of nitrogens with one attached hydrogen (secondary N) is 1. The predicted octanol–water partition coefficient (Wildman–Crippen LogP) is 5.89. The van der Waals surface area contributed by atoms with E-state index >= 15 is 0 Å². The van der Waals surface area contributed by atoms with Crippen LogP contribution in [0.2, 0.25) is 0 Å². The van der Waals surface area contributed by atoms with Crippen molar-refractivity contribution in [2.24, 2.45) is 0 Å². The van der Waals surface area contributed by atoms with E-state index in [1.165, 1.54) is 0 Å². The number of aromatic amines is 1. The Morgan fingerprint density at radius 3 is 2.53 bits per heavy atom. The molecule has 0 saturated heterocycles. The number of H-pyrrole nitrogens is 1. The highest BCUT2D eigenvalue weighted by Crippen LogP contribution is 2.47. The van der Waals surface area contributed by atoms with Crippen molar-refractivity contribution in [3.63, 3.8) is 0 Å². The molecule has 2 heterocycles. The van der Waals surface area contributed by atoms with Crippen molar-refractivity contribution in [1.29, 1.82) is 0 Å². The second-order valence-corrected chi connectivity index (χ2v) is 9.01. The maximum Gasteiger partial charge on any atom is 0.250 e. The van der Waals surface area contributed by atoms with E-state index in [0.29, 0.717) is 13.2 Å². The number of para-hydroxylation sites is 1. The maximum absolute atomic E-state index is 13.3. The predicted molar refractivity (Wildman–Crippen MR) is 135 cm³/mol. The highest BCUT2D eigenvalue weighted by Gasteiger charge is 2.38. The number of hydrogen-bond donors (Lipinski definition) is 1. The molecule has 6 heteroatoms. The summed E-state index contributed by atoms with van der Waals surface area (Å²) in [5, 5.41) is 1.10. The molecular formula is C28H34N2O4. The van der Waals surface area contributed by atoms with Gasteiger partial charge in [0, 0.05) is 40.8 Å². The highest BCUT2D eigenvalue weighted by atomic mass is 16.5. The van der Waals surface area contributed by atoms with Crippen LogP contribution in [0.15, 0.2) is 53.6 Å². The van der Waals surface area contributed by atoms with Crippen LogP contribution in [-0.4, -0.2) is 49.3 Å². The molecule has 1 amide bonds. The van der Waals surface area contributed by atoms with Gasteiger partial charge >= 0.3 is 0 Å². The Morgan fingerprint density at radius 2 is 1.82 bits per heavy atom. The molecule has 0 saturated carbocycles. The van der Waals surface area contributed by atoms with Crippen LogP contribution < -0.4 is 9.47 Å². The summed E-state index contributed by atoms with van der Waals surface area (Å²) in [7, 11) is 3.33. The molecule has 34 heavy (non-hydrogen) atoms. The third-order valence-electron chi connectivity index (χ3n) is 6.59. The first-order chi connectivity index (χ1) is 16.4. The van der Waals surface area contributed by atoms with Crippen molar-refractivity contribution in [1.82, 2.24) is 9.88 Å². The first-order valence-corrected chi connectivity index (χ1v) is 11.8. The van der Waals surface area contributed by atoms with Crippen LogP contribution in [-0.2, 0) is 9.53 Å². The van der Waals surface area contributed by atoms with E-state index in [2.05, 4.69) is 24.0 Å². The maximum atomic E-state index is 13.3. The first kappa shape index (κ1) is 23.9. The third-order valence-corrected chi connectivity index (χ3v) is 6.59. The van der Waals surface area contributed by atoms with E-state index in [1.54, 1.807) is 14.2 Å². The van der Waals surface area contributed by atoms with E-state index in [1.807, 2.05) is 56.0 Å². The van der Waals surface area contributed by atoms with E-state index in [-0.39, 0.29) is 18.1 Å². The van der Waals surface area contributed by atoms with Crippen molar-refractivity contribution in [2.45, 2.75) is 46.3 Å². The first-order valence-electron chi connectivity index (χ1n) is 11.8. The minimum atomic E-state index is -0.173. The fourth-order valence-electron chi connectivity index (χ4n) is 4.77. The topological polar surface area (TPSA) is 63.8 Å². The molecule has 180 valence electrons. The number of amides is 1. The van der Waals surface area contributed by atoms with Crippen molar-refractivity contribution >= 4 is 16.8 Å². The Bertz CT molecular complexity index is 1220. The fourth-order valence-corrected chi connectivity index (χ4v) is 4.77. The minimum Gasteiger partial charge on any atom is -0.497 e. The number of aromatic nitrogens is 1. The summed E-state index contributed by atoms with van der Waals surface area (Å²) in [6.07, 6.45) is 0.952. The normalized spacial score (nSPS) is 16.3. The van der Waals surface area contributed by atoms with Gasteiger partial charge in [0.15, 0.2) is 0 Å². The average Bonchev–Trinajstić information content (AvgIpc) is 3.31. The standard InChI is InChI=1S/C28H34N2O4/c1-17(2)34-15-9-14-30-27(18(3)19(4)28(30)31)25-21-10-7-8-11-23(21)29-26(25)22-16-20(32-5)12-13-24(22)33-6/h7-8,10-13,16-17,27,29H,9,14-15H2,1-6H3. The lowest BCUT2D eigenvalue weighted by Crippen LogP contribution is -2.32. The lowest BCUT2D eigenvalue weighted by molar-refractivity contribution is -0.127. The number of carbonyl (C=O) groups is 1. The Balaban J connectivity index is 1.87. The molecule has 0 spiro atoms. The van der Waals surface area contributed by atoms with Crippen LogP contribution in [0.25, 0.3) is 22.2 Å². The molecule has 1 atom stereocenters. The van der Waals surface area contributed by atoms with Gasteiger partial charge in [-0.25, -0.2) is 0 Å². The zero-order valence-corrected chi connectivity index (χ0v) is 20.9. The minimum absolute atomic E-state index is 0.0842. The Kier molecular flexibility index (Phi) is 6.98. The smallest absolute Gasteiger partial charge is 0.250 e. The fraction of sp³-hybridized carbons (Fsp3) is 0.393. The molecule has 1 aliphatic heterocycles. The molecule has 3 aromatic rings. The quantitative estimate of drug-likeness (QED) is 0.403. The lowest BCUT2D eigenvalue weighted by Gasteiger charge is -2.28. The van der Waals surface area contributed by atoms with E-state index in [9.17, 15) is 4.79 Å². The van der Waals surface area contributed by atoms with E-state index in [0.717, 1.165) is 56.8 Å². The van der Waals surface area contributed by atoms with Crippen molar-refractivity contribution in [3.05, 3.63) is 59.2 Å². The summed E-state index contributed by atoms with van der Waals surface area (Å²) in [5.41, 5.74) is 5.82. The average molecular weight is 463 g/mol. The van der Waals surface area contributed by atoms with Gasteiger partial charge in [-0.3, -0.25) is 4.79 Å². The van der Waals surface area contributed by atoms with Gasteiger partial charge in [0.2, 0.25) is 5.91 Å². The van der Waals surface area contributed by atoms with Gasteiger partial charge in [-0.2, -0.15) is 0 Å². The summed E-state index contributed by atoms with van der Waals surface area (Å²) < 4.78 is 17.0. The number of methoxy groups -OCH3 is 2. The molecule has 4 rings (SSSR count). The summed E-state index contributed by atoms with van der Waals surface area (Å²) in [4.78, 5) is 18.9. The van der Waals surface area contributed by atoms with Crippen LogP contribution in [0.1, 0.15) is 45.7 Å². The molecule has 0 bridgehead atoms. The Hall–Kier alpha value is -3.25. The number of hydrogen-bond acceptors (Lipinski definition) is 4. The van der Waals surface area contributed by atoms with Gasteiger partial charge < -0.3 is 24.1 Å². The Morgan fingerprint density at radius 1 is 1.06 bits per heavy atom. The molecule has 1 aliphatic rings. The molecule has 6 nitrogen and oxygen atoms in total. The van der Waals surface area contributed by atoms with Gasteiger partial charge in [0.25, 0.3) is 0 Å². The lowest BCUT2D eigenvalue weighted by atomic mass is 9.93. The molecule has 0 fully saturated rings. The number of benzene rings is 2. The number of fused-ring (bicyclic) bond motifs is 1. The van der Waals surface area contributed by atoms with Crippen LogP contribution in [0.4, 0.5) is 0 Å². The zero-order valence-electron chi connectivity index (χ0n) is 20.9. The van der Waals surface area contributed by atoms with Crippen molar-refractivity contribution in [2.75, 3.05) is 27.4 Å². The zero-order chi connectivity index (χ0) is 24.4. The second kappa shape index (κ2) is 9.94. The van der Waals surface area contributed by atoms with Crippen molar-refractivity contribution < 1.29 is 19.0 Å². The molecule has 2 aromatic carbocycles. The van der Waals surface area contributed by atoms with Gasteiger partial charge in [-0.05, 0) is 64.0 Å². The largest absolute Gasteiger partial charge is 0.497 e. The van der Waals surface area contributed by atoms with Crippen LogP contribution in [0.3, 0.4) is 0 Å². The third kappa shape index (κ3) is 4.30. The molecular weight excluding hydrogens is 428 g/mol. The van der Waals surface area contributed by atoms with Gasteiger partial charge in [-0.15, -0.1) is 0 Å². The summed E-state index contributed by atoms with van der Waals surface area (Å²) in [6.45, 7) is 9.29. The van der Waals surface area contributed by atoms with E-state index in [4.69, 9.17) is 14.2 Å². The molecule has 1 aromatic heterocycles. The second-order valence-electron chi connectivity index (χ2n) is 9.01. The van der Waals surface area contributed by atoms with Crippen molar-refractivity contribution in [3.8, 4) is 22.8 Å². The number of nitrogens with zero attached hydrogens (tertiary/aromatic N) is 1. The number of carbonyl (C=O) groups excluding carboxylic acids is 1. The van der Waals surface area contributed by atoms with Crippen LogP contribution >= 0.6 is 0 Å². The molecule has 0 aliphatic carbocycles. The summed E-state index contributed by atoms with van der Waals surface area (Å²) >= 11 is 0. The van der Waals surface area contributed by atoms with Crippen LogP contribution in [0, 0.1) is 0 Å². The number of rotatable bonds is 9. The summed E-state index contributed by atoms with van der Waals surface area (Å²) in [6, 6.07) is 13.9. The van der Waals surface area contributed by atoms with E-state index < -0.39 is 0 Å². The molecule has 0 radical (unpaired) electrons. The van der Waals surface area contributed by atoms with Crippen LogP contribution in [0.5, 0.6) is 11.5 Å². The van der Waals surface area contributed by atoms with Gasteiger partial charge in [0.1, 0.15) is 11.5 Å². The number of ether oxygens (including phenoxy) is 3. The monoisotopic (exact) mass is 462 g/mol. The molecule has 1 unspecified atom stereocenters. The SMILES string of the molecule is COc1ccc(OC)c(-c2[nH]c3ccccc3c2C2C(C)=C(C)C(=O)N2CCCOC(C)C)c1. The highest BCUT2D eigenvalue weighted by molar-refractivity contribution is 6.00. The molecule has 1 N–H and O–H groups in total. The van der Waals surface area contributed by atoms with Gasteiger partial charge in [-0.1, -0.05) is 18.2 Å². The summed E-state index contributed by atoms with van der Waals surface area (Å²) in [5.74, 6) is 1.57. The Labute approximate surface area is 201 Å².